The Kier molecular flexibility index (Phi) is 3.05. The molecule has 0 aliphatic carbocycles. The largest absolute Gasteiger partial charge is 0.346 e. The summed E-state index contributed by atoms with van der Waals surface area (Å²) in [5, 5.41) is 0. The molecule has 0 bridgehead atoms. The van der Waals surface area contributed by atoms with E-state index in [0.29, 0.717) is 18.1 Å². The van der Waals surface area contributed by atoms with Crippen LogP contribution in [0, 0.1) is 5.82 Å². The summed E-state index contributed by atoms with van der Waals surface area (Å²) >= 11 is 1.38. The topological polar surface area (TPSA) is 18.5 Å². The summed E-state index contributed by atoms with van der Waals surface area (Å²) in [5.74, 6) is -0.195. The predicted octanol–water partition coefficient (Wildman–Crippen LogP) is 2.59. The van der Waals surface area contributed by atoms with E-state index in [1.165, 1.54) is 17.8 Å². The molecule has 0 amide bonds. The van der Waals surface area contributed by atoms with Crippen molar-refractivity contribution >= 4 is 11.8 Å². The molecule has 1 saturated heterocycles. The fourth-order valence-corrected chi connectivity index (χ4v) is 1.89. The fraction of sp³-hybridized carbons (Fsp3) is 0.400. The number of ether oxygens (including phenoxy) is 2. The van der Waals surface area contributed by atoms with Crippen molar-refractivity contribution < 1.29 is 13.9 Å². The average molecular weight is 214 g/mol. The quantitative estimate of drug-likeness (QED) is 0.705. The minimum absolute atomic E-state index is 0.195. The van der Waals surface area contributed by atoms with Gasteiger partial charge in [-0.2, -0.15) is 0 Å². The number of rotatable bonds is 2. The second-order valence-electron chi connectivity index (χ2n) is 2.97. The second-order valence-corrected chi connectivity index (χ2v) is 3.82. The zero-order chi connectivity index (χ0) is 9.97. The zero-order valence-electron chi connectivity index (χ0n) is 7.83. The van der Waals surface area contributed by atoms with Crippen molar-refractivity contribution in [3.05, 3.63) is 29.6 Å². The molecule has 0 saturated carbocycles. The van der Waals surface area contributed by atoms with Crippen molar-refractivity contribution in [2.45, 2.75) is 11.2 Å². The first-order chi connectivity index (χ1) is 6.81. The molecule has 1 aromatic carbocycles. The van der Waals surface area contributed by atoms with Crippen LogP contribution in [0.5, 0.6) is 0 Å². The van der Waals surface area contributed by atoms with Crippen LogP contribution in [0.4, 0.5) is 4.39 Å². The molecule has 14 heavy (non-hydrogen) atoms. The lowest BCUT2D eigenvalue weighted by Crippen LogP contribution is -1.98. The highest BCUT2D eigenvalue weighted by atomic mass is 32.2. The van der Waals surface area contributed by atoms with Crippen LogP contribution in [-0.2, 0) is 9.47 Å². The number of hydrogen-bond acceptors (Lipinski definition) is 3. The van der Waals surface area contributed by atoms with Crippen molar-refractivity contribution in [1.82, 2.24) is 0 Å². The van der Waals surface area contributed by atoms with Gasteiger partial charge in [-0.15, -0.1) is 11.8 Å². The van der Waals surface area contributed by atoms with Crippen molar-refractivity contribution in [3.8, 4) is 0 Å². The number of benzene rings is 1. The maximum Gasteiger partial charge on any atom is 0.184 e. The van der Waals surface area contributed by atoms with Crippen LogP contribution in [0.1, 0.15) is 11.9 Å². The number of halogens is 1. The van der Waals surface area contributed by atoms with Crippen LogP contribution < -0.4 is 0 Å². The molecular formula is C10H11FO2S. The molecule has 1 heterocycles. The molecule has 2 nitrogen and oxygen atoms in total. The Morgan fingerprint density at radius 2 is 2.07 bits per heavy atom. The van der Waals surface area contributed by atoms with Gasteiger partial charge in [-0.05, 0) is 18.4 Å². The lowest BCUT2D eigenvalue weighted by atomic mass is 10.2. The third-order valence-electron chi connectivity index (χ3n) is 2.07. The van der Waals surface area contributed by atoms with Gasteiger partial charge in [0.2, 0.25) is 0 Å². The predicted molar refractivity (Wildman–Crippen MR) is 52.8 cm³/mol. The summed E-state index contributed by atoms with van der Waals surface area (Å²) < 4.78 is 23.8. The van der Waals surface area contributed by atoms with Crippen molar-refractivity contribution in [2.24, 2.45) is 0 Å². The Hall–Kier alpha value is -0.580. The van der Waals surface area contributed by atoms with E-state index in [2.05, 4.69) is 0 Å². The van der Waals surface area contributed by atoms with Crippen LogP contribution >= 0.6 is 11.8 Å². The minimum atomic E-state index is -0.318. The van der Waals surface area contributed by atoms with Gasteiger partial charge in [0.25, 0.3) is 0 Å². The molecule has 0 atom stereocenters. The third kappa shape index (κ3) is 1.92. The van der Waals surface area contributed by atoms with E-state index in [9.17, 15) is 4.39 Å². The SMILES string of the molecule is CSc1cc(C2OCCO2)ccc1F. The first-order valence-electron chi connectivity index (χ1n) is 4.38. The van der Waals surface area contributed by atoms with Crippen molar-refractivity contribution in [3.63, 3.8) is 0 Å². The maximum absolute atomic E-state index is 13.2. The Morgan fingerprint density at radius 1 is 1.36 bits per heavy atom. The summed E-state index contributed by atoms with van der Waals surface area (Å²) in [6, 6.07) is 4.92. The first kappa shape index (κ1) is 9.96. The van der Waals surface area contributed by atoms with E-state index in [4.69, 9.17) is 9.47 Å². The summed E-state index contributed by atoms with van der Waals surface area (Å²) in [4.78, 5) is 0.626. The van der Waals surface area contributed by atoms with Gasteiger partial charge in [-0.3, -0.25) is 0 Å². The van der Waals surface area contributed by atoms with Gasteiger partial charge in [0, 0.05) is 10.5 Å². The van der Waals surface area contributed by atoms with Gasteiger partial charge >= 0.3 is 0 Å². The van der Waals surface area contributed by atoms with Gasteiger partial charge in [0.05, 0.1) is 13.2 Å². The molecule has 2 rings (SSSR count). The van der Waals surface area contributed by atoms with E-state index in [0.717, 1.165) is 5.56 Å². The van der Waals surface area contributed by atoms with E-state index < -0.39 is 0 Å². The van der Waals surface area contributed by atoms with Crippen LogP contribution in [0.25, 0.3) is 0 Å². The zero-order valence-corrected chi connectivity index (χ0v) is 8.64. The van der Waals surface area contributed by atoms with Crippen LogP contribution in [-0.4, -0.2) is 19.5 Å². The maximum atomic E-state index is 13.2. The highest BCUT2D eigenvalue weighted by Gasteiger charge is 2.19. The fourth-order valence-electron chi connectivity index (χ4n) is 1.37. The minimum Gasteiger partial charge on any atom is -0.346 e. The molecular weight excluding hydrogens is 203 g/mol. The lowest BCUT2D eigenvalue weighted by Gasteiger charge is -2.10. The Labute approximate surface area is 86.4 Å². The van der Waals surface area contributed by atoms with E-state index in [1.807, 2.05) is 6.26 Å². The number of thioether (sulfide) groups is 1. The van der Waals surface area contributed by atoms with Crippen molar-refractivity contribution in [1.29, 1.82) is 0 Å². The lowest BCUT2D eigenvalue weighted by molar-refractivity contribution is -0.0443. The summed E-state index contributed by atoms with van der Waals surface area (Å²) in [7, 11) is 0. The Bertz CT molecular complexity index is 324. The molecule has 0 spiro atoms. The van der Waals surface area contributed by atoms with Crippen LogP contribution in [0.15, 0.2) is 23.1 Å². The summed E-state index contributed by atoms with van der Waals surface area (Å²) in [5.41, 5.74) is 0.883. The van der Waals surface area contributed by atoms with Crippen LogP contribution in [0.2, 0.25) is 0 Å². The average Bonchev–Trinajstić information content (AvgIpc) is 2.71. The molecule has 1 aliphatic heterocycles. The third-order valence-corrected chi connectivity index (χ3v) is 2.82. The molecule has 76 valence electrons. The monoisotopic (exact) mass is 214 g/mol. The molecule has 4 heteroatoms. The molecule has 0 N–H and O–H groups in total. The first-order valence-corrected chi connectivity index (χ1v) is 5.60. The smallest absolute Gasteiger partial charge is 0.184 e. The molecule has 0 aromatic heterocycles. The Balaban J connectivity index is 2.25. The normalized spacial score (nSPS) is 17.6. The van der Waals surface area contributed by atoms with E-state index in [1.54, 1.807) is 12.1 Å². The summed E-state index contributed by atoms with van der Waals surface area (Å²) in [6.07, 6.45) is 1.53. The molecule has 1 aliphatic rings. The molecule has 0 unspecified atom stereocenters. The van der Waals surface area contributed by atoms with Gasteiger partial charge in [-0.1, -0.05) is 6.07 Å². The highest BCUT2D eigenvalue weighted by Crippen LogP contribution is 2.28. The Morgan fingerprint density at radius 3 is 2.71 bits per heavy atom. The van der Waals surface area contributed by atoms with E-state index in [-0.39, 0.29) is 12.1 Å². The molecule has 0 radical (unpaired) electrons. The van der Waals surface area contributed by atoms with Gasteiger partial charge in [0.15, 0.2) is 6.29 Å². The molecule has 1 aromatic rings. The number of hydrogen-bond donors (Lipinski definition) is 0. The highest BCUT2D eigenvalue weighted by molar-refractivity contribution is 7.98. The van der Waals surface area contributed by atoms with Gasteiger partial charge in [0.1, 0.15) is 5.82 Å². The van der Waals surface area contributed by atoms with Gasteiger partial charge in [-0.25, -0.2) is 4.39 Å². The second kappa shape index (κ2) is 4.29. The van der Waals surface area contributed by atoms with Gasteiger partial charge < -0.3 is 9.47 Å². The van der Waals surface area contributed by atoms with E-state index >= 15 is 0 Å². The van der Waals surface area contributed by atoms with Crippen LogP contribution in [0.3, 0.4) is 0 Å². The summed E-state index contributed by atoms with van der Waals surface area (Å²) in [6.45, 7) is 1.22. The standard InChI is InChI=1S/C10H11FO2S/c1-14-9-6-7(2-3-8(9)11)10-12-4-5-13-10/h2-3,6,10H,4-5H2,1H3. The molecule has 1 fully saturated rings. The van der Waals surface area contributed by atoms with Crippen molar-refractivity contribution in [2.75, 3.05) is 19.5 Å².